The number of hydrogen-bond donors (Lipinski definition) is 3. The van der Waals surface area contributed by atoms with E-state index in [4.69, 9.17) is 14.2 Å². The summed E-state index contributed by atoms with van der Waals surface area (Å²) in [6.07, 6.45) is 0.212. The summed E-state index contributed by atoms with van der Waals surface area (Å²) in [6, 6.07) is 12.0. The lowest BCUT2D eigenvalue weighted by Gasteiger charge is -2.22. The van der Waals surface area contributed by atoms with Crippen molar-refractivity contribution in [3.05, 3.63) is 86.9 Å². The number of carbonyl (C=O) groups excluding carboxylic acids is 4. The van der Waals surface area contributed by atoms with Crippen LogP contribution in [0.2, 0.25) is 0 Å². The molecule has 250 valence electrons. The number of thiophene rings is 1. The molecule has 2 aromatic carbocycles. The highest BCUT2D eigenvalue weighted by molar-refractivity contribution is 7.08. The molecule has 4 aromatic rings. The van der Waals surface area contributed by atoms with E-state index in [1.54, 1.807) is 62.4 Å². The van der Waals surface area contributed by atoms with Crippen LogP contribution in [-0.2, 0) is 22.6 Å². The van der Waals surface area contributed by atoms with Gasteiger partial charge in [0.25, 0.3) is 11.8 Å². The van der Waals surface area contributed by atoms with Gasteiger partial charge in [-0.1, -0.05) is 19.1 Å². The molecule has 0 bridgehead atoms. The third-order valence-corrected chi connectivity index (χ3v) is 8.28. The smallest absolute Gasteiger partial charge is 0.407 e. The Bertz CT molecular complexity index is 1890. The molecule has 5 rings (SSSR count). The van der Waals surface area contributed by atoms with Crippen molar-refractivity contribution >= 4 is 40.9 Å². The molecule has 0 fully saturated rings. The Kier molecular flexibility index (Phi) is 10.1. The summed E-state index contributed by atoms with van der Waals surface area (Å²) in [4.78, 5) is 56.4. The van der Waals surface area contributed by atoms with E-state index >= 15 is 0 Å². The summed E-state index contributed by atoms with van der Waals surface area (Å²) < 4.78 is 16.5. The number of hydrogen-bond acceptors (Lipinski definition) is 9. The number of nitrogens with zero attached hydrogens (tertiary/aromatic N) is 1. The van der Waals surface area contributed by atoms with Crippen LogP contribution in [0.4, 0.5) is 10.5 Å². The number of aryl methyl sites for hydroxylation is 1. The number of fused-ring (bicyclic) bond motifs is 3. The number of carbonyl (C=O) groups is 4. The highest BCUT2D eigenvalue weighted by Crippen LogP contribution is 2.44. The van der Waals surface area contributed by atoms with Gasteiger partial charge in [-0.2, -0.15) is 11.3 Å². The average molecular weight is 671 g/mol. The third-order valence-electron chi connectivity index (χ3n) is 7.49. The molecular formula is C36H38N4O7S. The molecule has 48 heavy (non-hydrogen) atoms. The summed E-state index contributed by atoms with van der Waals surface area (Å²) >= 11 is 1.54. The van der Waals surface area contributed by atoms with Gasteiger partial charge in [-0.3, -0.25) is 9.59 Å². The fourth-order valence-corrected chi connectivity index (χ4v) is 6.03. The molecule has 3 heterocycles. The zero-order valence-corrected chi connectivity index (χ0v) is 28.6. The number of methoxy groups -OCH3 is 1. The fourth-order valence-electron chi connectivity index (χ4n) is 5.19. The molecule has 0 atom stereocenters. The Morgan fingerprint density at radius 2 is 1.73 bits per heavy atom. The molecule has 3 N–H and O–H groups in total. The summed E-state index contributed by atoms with van der Waals surface area (Å²) in [5.41, 5.74) is 5.16. The van der Waals surface area contributed by atoms with Crippen LogP contribution in [0.3, 0.4) is 0 Å². The van der Waals surface area contributed by atoms with Gasteiger partial charge in [-0.25, -0.2) is 14.6 Å². The lowest BCUT2D eigenvalue weighted by molar-refractivity contribution is 0.0522. The minimum Gasteiger partial charge on any atom is -0.488 e. The standard InChI is InChI=1S/C36H38N4O7S/c1-7-12-37-33(42)29-11-9-23(31(39-29)34(43)45-6)24-15-30-25(27-19-48-18-22(27)17-46-30)14-26(24)32(41)40-28-10-8-21(13-20(28)2)16-38-35(44)47-36(3,4)5/h8-11,13-15,18-19H,7,12,16-17H2,1-6H3,(H,37,42)(H,38,44)(H,40,41). The van der Waals surface area contributed by atoms with Gasteiger partial charge in [-0.05, 0) is 86.3 Å². The van der Waals surface area contributed by atoms with E-state index < -0.39 is 29.5 Å². The average Bonchev–Trinajstić information content (AvgIpc) is 3.55. The molecule has 0 aliphatic carbocycles. The summed E-state index contributed by atoms with van der Waals surface area (Å²) in [5, 5.41) is 12.5. The van der Waals surface area contributed by atoms with Crippen molar-refractivity contribution in [3.63, 3.8) is 0 Å². The Balaban J connectivity index is 1.52. The zero-order chi connectivity index (χ0) is 34.6. The van der Waals surface area contributed by atoms with E-state index in [-0.39, 0.29) is 23.5 Å². The van der Waals surface area contributed by atoms with Crippen molar-refractivity contribution in [1.29, 1.82) is 0 Å². The Hall–Kier alpha value is -5.23. The summed E-state index contributed by atoms with van der Waals surface area (Å²) in [7, 11) is 1.23. The molecule has 12 heteroatoms. The van der Waals surface area contributed by atoms with Crippen LogP contribution in [0, 0.1) is 6.92 Å². The quantitative estimate of drug-likeness (QED) is 0.164. The monoisotopic (exact) mass is 670 g/mol. The minimum absolute atomic E-state index is 0.0487. The van der Waals surface area contributed by atoms with Crippen molar-refractivity contribution in [3.8, 4) is 28.0 Å². The van der Waals surface area contributed by atoms with Gasteiger partial charge >= 0.3 is 12.1 Å². The van der Waals surface area contributed by atoms with E-state index in [2.05, 4.69) is 20.9 Å². The molecule has 0 saturated carbocycles. The van der Waals surface area contributed by atoms with Crippen LogP contribution in [0.5, 0.6) is 5.75 Å². The molecule has 1 aliphatic rings. The van der Waals surface area contributed by atoms with Gasteiger partial charge < -0.3 is 30.2 Å². The molecule has 0 unspecified atom stereocenters. The van der Waals surface area contributed by atoms with Gasteiger partial charge in [-0.15, -0.1) is 0 Å². The third kappa shape index (κ3) is 7.66. The van der Waals surface area contributed by atoms with Gasteiger partial charge in [0.1, 0.15) is 23.7 Å². The van der Waals surface area contributed by atoms with Gasteiger partial charge in [0, 0.05) is 52.2 Å². The first-order chi connectivity index (χ1) is 22.9. The maximum atomic E-state index is 14.1. The predicted octanol–water partition coefficient (Wildman–Crippen LogP) is 6.88. The van der Waals surface area contributed by atoms with Crippen molar-refractivity contribution in [2.75, 3.05) is 19.0 Å². The van der Waals surface area contributed by atoms with Crippen LogP contribution in [-0.4, -0.2) is 48.1 Å². The van der Waals surface area contributed by atoms with E-state index in [1.165, 1.54) is 13.2 Å². The van der Waals surface area contributed by atoms with Crippen molar-refractivity contribution in [2.24, 2.45) is 0 Å². The van der Waals surface area contributed by atoms with Gasteiger partial charge in [0.2, 0.25) is 0 Å². The van der Waals surface area contributed by atoms with Crippen LogP contribution in [0.1, 0.15) is 82.1 Å². The first-order valence-corrected chi connectivity index (χ1v) is 16.4. The molecule has 0 saturated heterocycles. The topological polar surface area (TPSA) is 145 Å². The SMILES string of the molecule is CCCNC(=O)c1ccc(-c2cc3c(cc2C(=O)Nc2ccc(CNC(=O)OC(C)(C)C)cc2C)-c2cscc2CO3)c(C(=O)OC)n1. The molecule has 0 radical (unpaired) electrons. The molecule has 3 amide bonds. The molecular weight excluding hydrogens is 632 g/mol. The van der Waals surface area contributed by atoms with Gasteiger partial charge in [0.05, 0.1) is 7.11 Å². The summed E-state index contributed by atoms with van der Waals surface area (Å²) in [5.74, 6) is -1.07. The Morgan fingerprint density at radius 3 is 2.44 bits per heavy atom. The zero-order valence-electron chi connectivity index (χ0n) is 27.7. The summed E-state index contributed by atoms with van der Waals surface area (Å²) in [6.45, 7) is 10.2. The van der Waals surface area contributed by atoms with Crippen molar-refractivity contribution < 1.29 is 33.4 Å². The number of aromatic nitrogens is 1. The van der Waals surface area contributed by atoms with Crippen molar-refractivity contribution in [2.45, 2.75) is 59.8 Å². The number of rotatable bonds is 9. The Morgan fingerprint density at radius 1 is 0.938 bits per heavy atom. The predicted molar refractivity (Wildman–Crippen MR) is 183 cm³/mol. The number of anilines is 1. The van der Waals surface area contributed by atoms with E-state index in [0.717, 1.165) is 34.2 Å². The first-order valence-electron chi connectivity index (χ1n) is 15.5. The van der Waals surface area contributed by atoms with Gasteiger partial charge in [0.15, 0.2) is 5.69 Å². The maximum Gasteiger partial charge on any atom is 0.407 e. The number of alkyl carbamates (subject to hydrolysis) is 1. The van der Waals surface area contributed by atoms with Crippen molar-refractivity contribution in [1.82, 2.24) is 15.6 Å². The van der Waals surface area contributed by atoms with E-state index in [9.17, 15) is 19.2 Å². The number of benzene rings is 2. The van der Waals surface area contributed by atoms with E-state index in [1.807, 2.05) is 30.7 Å². The minimum atomic E-state index is -0.758. The van der Waals surface area contributed by atoms with Crippen LogP contribution < -0.4 is 20.7 Å². The molecule has 0 spiro atoms. The maximum absolute atomic E-state index is 14.1. The normalized spacial score (nSPS) is 11.8. The number of pyridine rings is 1. The largest absolute Gasteiger partial charge is 0.488 e. The number of esters is 1. The molecule has 1 aliphatic heterocycles. The number of nitrogens with one attached hydrogen (secondary N) is 3. The first kappa shape index (κ1) is 34.1. The van der Waals surface area contributed by atoms with Crippen LogP contribution in [0.25, 0.3) is 22.3 Å². The highest BCUT2D eigenvalue weighted by atomic mass is 32.1. The van der Waals surface area contributed by atoms with Crippen LogP contribution >= 0.6 is 11.3 Å². The lowest BCUT2D eigenvalue weighted by atomic mass is 9.91. The second-order valence-corrected chi connectivity index (χ2v) is 13.0. The highest BCUT2D eigenvalue weighted by Gasteiger charge is 2.27. The van der Waals surface area contributed by atoms with E-state index in [0.29, 0.717) is 35.7 Å². The molecule has 11 nitrogen and oxygen atoms in total. The number of ether oxygens (including phenoxy) is 3. The molecule has 2 aromatic heterocycles. The fraction of sp³-hybridized carbons (Fsp3) is 0.306. The lowest BCUT2D eigenvalue weighted by Crippen LogP contribution is -2.32. The van der Waals surface area contributed by atoms with Crippen LogP contribution in [0.15, 0.2) is 53.2 Å². The Labute approximate surface area is 283 Å². The number of amides is 3. The second kappa shape index (κ2) is 14.3. The second-order valence-electron chi connectivity index (χ2n) is 12.3.